The molecule has 0 amide bonds. The lowest BCUT2D eigenvalue weighted by Crippen LogP contribution is -1.93. The van der Waals surface area contributed by atoms with Crippen LogP contribution in [0, 0.1) is 19.9 Å². The molecule has 0 unspecified atom stereocenters. The van der Waals surface area contributed by atoms with Crippen molar-refractivity contribution in [1.29, 1.82) is 0 Å². The average Bonchev–Trinajstić information content (AvgIpc) is 2.61. The van der Waals surface area contributed by atoms with E-state index < -0.39 is 0 Å². The lowest BCUT2D eigenvalue weighted by Gasteiger charge is -2.07. The van der Waals surface area contributed by atoms with Gasteiger partial charge in [-0.15, -0.1) is 0 Å². The summed E-state index contributed by atoms with van der Waals surface area (Å²) < 4.78 is 2.09. The highest BCUT2D eigenvalue weighted by molar-refractivity contribution is 5.43. The minimum atomic E-state index is 1.24. The number of hydrogen-bond donors (Lipinski definition) is 0. The molecule has 0 saturated heterocycles. The molecule has 0 aliphatic heterocycles. The molecule has 0 N–H and O–H groups in total. The zero-order valence-corrected chi connectivity index (χ0v) is 7.91. The molecule has 0 spiro atoms. The molecule has 1 nitrogen and oxygen atoms in total. The number of nitrogens with zero attached hydrogens (tertiary/aromatic N) is 1. The van der Waals surface area contributed by atoms with Crippen LogP contribution in [0.15, 0.2) is 36.7 Å². The van der Waals surface area contributed by atoms with Gasteiger partial charge in [0.1, 0.15) is 0 Å². The fourth-order valence-corrected chi connectivity index (χ4v) is 1.44. The van der Waals surface area contributed by atoms with E-state index in [-0.39, 0.29) is 0 Å². The van der Waals surface area contributed by atoms with Crippen LogP contribution in [-0.4, -0.2) is 4.57 Å². The predicted octanol–water partition coefficient (Wildman–Crippen LogP) is 2.89. The molecule has 13 heavy (non-hydrogen) atoms. The summed E-state index contributed by atoms with van der Waals surface area (Å²) in [4.78, 5) is 0. The van der Waals surface area contributed by atoms with Crippen molar-refractivity contribution < 1.29 is 0 Å². The molecule has 0 aliphatic carbocycles. The highest BCUT2D eigenvalue weighted by atomic mass is 14.9. The summed E-state index contributed by atoms with van der Waals surface area (Å²) in [5.74, 6) is 0. The van der Waals surface area contributed by atoms with Crippen LogP contribution in [0.1, 0.15) is 11.1 Å². The molecule has 2 rings (SSSR count). The predicted molar refractivity (Wildman–Crippen MR) is 54.1 cm³/mol. The molecule has 0 fully saturated rings. The van der Waals surface area contributed by atoms with Gasteiger partial charge < -0.3 is 4.57 Å². The molecule has 1 aromatic carbocycles. The first-order valence-electron chi connectivity index (χ1n) is 4.39. The van der Waals surface area contributed by atoms with E-state index in [1.54, 1.807) is 0 Å². The molecular formula is C12H12N. The van der Waals surface area contributed by atoms with Crippen LogP contribution >= 0.6 is 0 Å². The van der Waals surface area contributed by atoms with E-state index in [1.165, 1.54) is 16.8 Å². The van der Waals surface area contributed by atoms with Crippen LogP contribution in [0.5, 0.6) is 0 Å². The molecule has 1 aromatic heterocycles. The second-order valence-corrected chi connectivity index (χ2v) is 3.31. The van der Waals surface area contributed by atoms with Crippen molar-refractivity contribution in [1.82, 2.24) is 4.57 Å². The highest BCUT2D eigenvalue weighted by Crippen LogP contribution is 2.15. The van der Waals surface area contributed by atoms with Gasteiger partial charge in [-0.05, 0) is 37.1 Å². The largest absolute Gasteiger partial charge is 0.323 e. The van der Waals surface area contributed by atoms with Gasteiger partial charge in [-0.2, -0.15) is 0 Å². The van der Waals surface area contributed by atoms with Crippen molar-refractivity contribution in [3.8, 4) is 5.69 Å². The maximum absolute atomic E-state index is 3.04. The van der Waals surface area contributed by atoms with Crippen molar-refractivity contribution in [3.05, 3.63) is 53.9 Å². The SMILES string of the molecule is Cc1ccc(C)c(-n2c[c]cc2)c1. The third kappa shape index (κ3) is 1.50. The van der Waals surface area contributed by atoms with Gasteiger partial charge in [0.15, 0.2) is 0 Å². The lowest BCUT2D eigenvalue weighted by atomic mass is 10.1. The molecular weight excluding hydrogens is 158 g/mol. The summed E-state index contributed by atoms with van der Waals surface area (Å²) in [6.07, 6.45) is 3.96. The second-order valence-electron chi connectivity index (χ2n) is 3.31. The van der Waals surface area contributed by atoms with Gasteiger partial charge in [0.05, 0.1) is 0 Å². The van der Waals surface area contributed by atoms with Crippen molar-refractivity contribution in [3.63, 3.8) is 0 Å². The van der Waals surface area contributed by atoms with E-state index >= 15 is 0 Å². The Labute approximate surface area is 78.6 Å². The van der Waals surface area contributed by atoms with Crippen LogP contribution in [0.3, 0.4) is 0 Å². The highest BCUT2D eigenvalue weighted by Gasteiger charge is 1.98. The number of aromatic nitrogens is 1. The van der Waals surface area contributed by atoms with E-state index in [0.717, 1.165) is 0 Å². The number of rotatable bonds is 1. The van der Waals surface area contributed by atoms with Gasteiger partial charge in [-0.1, -0.05) is 12.1 Å². The van der Waals surface area contributed by atoms with Crippen molar-refractivity contribution in [2.45, 2.75) is 13.8 Å². The third-order valence-electron chi connectivity index (χ3n) is 2.19. The lowest BCUT2D eigenvalue weighted by molar-refractivity contribution is 1.05. The summed E-state index contributed by atoms with van der Waals surface area (Å²) in [5, 5.41) is 0. The fraction of sp³-hybridized carbons (Fsp3) is 0.167. The third-order valence-corrected chi connectivity index (χ3v) is 2.19. The van der Waals surface area contributed by atoms with Crippen molar-refractivity contribution >= 4 is 0 Å². The Hall–Kier alpha value is -1.50. The summed E-state index contributed by atoms with van der Waals surface area (Å²) in [6, 6.07) is 11.4. The zero-order chi connectivity index (χ0) is 9.26. The fourth-order valence-electron chi connectivity index (χ4n) is 1.44. The summed E-state index contributed by atoms with van der Waals surface area (Å²) in [5.41, 5.74) is 3.81. The first-order valence-corrected chi connectivity index (χ1v) is 4.39. The molecule has 0 saturated carbocycles. The van der Waals surface area contributed by atoms with Crippen molar-refractivity contribution in [2.75, 3.05) is 0 Å². The minimum absolute atomic E-state index is 1.24. The second kappa shape index (κ2) is 3.09. The molecule has 0 aliphatic rings. The van der Waals surface area contributed by atoms with E-state index in [4.69, 9.17) is 0 Å². The van der Waals surface area contributed by atoms with E-state index in [2.05, 4.69) is 42.7 Å². The van der Waals surface area contributed by atoms with Gasteiger partial charge in [-0.25, -0.2) is 0 Å². The normalized spacial score (nSPS) is 10.3. The Kier molecular flexibility index (Phi) is 1.93. The Morgan fingerprint density at radius 3 is 2.77 bits per heavy atom. The number of hydrogen-bond acceptors (Lipinski definition) is 0. The topological polar surface area (TPSA) is 4.93 Å². The van der Waals surface area contributed by atoms with Gasteiger partial charge >= 0.3 is 0 Å². The van der Waals surface area contributed by atoms with Gasteiger partial charge in [-0.3, -0.25) is 0 Å². The number of benzene rings is 1. The van der Waals surface area contributed by atoms with Gasteiger partial charge in [0.25, 0.3) is 0 Å². The van der Waals surface area contributed by atoms with E-state index in [0.29, 0.717) is 0 Å². The molecule has 2 aromatic rings. The van der Waals surface area contributed by atoms with Crippen LogP contribution < -0.4 is 0 Å². The maximum Gasteiger partial charge on any atom is 0.0481 e. The summed E-state index contributed by atoms with van der Waals surface area (Å²) in [6.45, 7) is 4.23. The van der Waals surface area contributed by atoms with Gasteiger partial charge in [0, 0.05) is 24.1 Å². The van der Waals surface area contributed by atoms with E-state index in [1.807, 2.05) is 18.5 Å². The molecule has 1 radical (unpaired) electrons. The van der Waals surface area contributed by atoms with Crippen LogP contribution in [0.4, 0.5) is 0 Å². The van der Waals surface area contributed by atoms with Crippen LogP contribution in [-0.2, 0) is 0 Å². The smallest absolute Gasteiger partial charge is 0.0481 e. The van der Waals surface area contributed by atoms with Crippen LogP contribution in [0.25, 0.3) is 5.69 Å². The molecule has 0 bridgehead atoms. The van der Waals surface area contributed by atoms with Crippen LogP contribution in [0.2, 0.25) is 0 Å². The van der Waals surface area contributed by atoms with Crippen molar-refractivity contribution in [2.24, 2.45) is 0 Å². The Balaban J connectivity index is 2.57. The monoisotopic (exact) mass is 170 g/mol. The molecule has 1 heterocycles. The van der Waals surface area contributed by atoms with Gasteiger partial charge in [0.2, 0.25) is 0 Å². The average molecular weight is 170 g/mol. The first-order chi connectivity index (χ1) is 6.27. The zero-order valence-electron chi connectivity index (χ0n) is 7.91. The molecule has 65 valence electrons. The Morgan fingerprint density at radius 1 is 1.23 bits per heavy atom. The minimum Gasteiger partial charge on any atom is -0.323 e. The molecule has 1 heteroatoms. The number of aryl methyl sites for hydroxylation is 2. The summed E-state index contributed by atoms with van der Waals surface area (Å²) in [7, 11) is 0. The summed E-state index contributed by atoms with van der Waals surface area (Å²) >= 11 is 0. The first kappa shape index (κ1) is 8.11. The van der Waals surface area contributed by atoms with E-state index in [9.17, 15) is 0 Å². The quantitative estimate of drug-likeness (QED) is 0.620. The standard InChI is InChI=1S/C12H12N/c1-10-5-6-11(2)12(9-10)13-7-3-4-8-13/h3,5-9H,1-2H3. The Bertz CT molecular complexity index is 399. The molecule has 0 atom stereocenters. The Morgan fingerprint density at radius 2 is 2.08 bits per heavy atom. The maximum atomic E-state index is 3.04.